The first-order valence-corrected chi connectivity index (χ1v) is 5.07. The van der Waals surface area contributed by atoms with Crippen molar-refractivity contribution in [1.82, 2.24) is 11.5 Å². The molecule has 0 saturated carbocycles. The van der Waals surface area contributed by atoms with E-state index in [2.05, 4.69) is 30.2 Å². The van der Waals surface area contributed by atoms with E-state index in [0.29, 0.717) is 5.75 Å². The van der Waals surface area contributed by atoms with Gasteiger partial charge in [0.15, 0.2) is 0 Å². The summed E-state index contributed by atoms with van der Waals surface area (Å²) in [7, 11) is 0. The van der Waals surface area contributed by atoms with E-state index in [-0.39, 0.29) is 16.5 Å². The molecule has 0 bridgehead atoms. The Bertz CT molecular complexity index is 168. The molecule has 1 unspecified atom stereocenters. The van der Waals surface area contributed by atoms with Crippen LogP contribution in [0, 0.1) is 0 Å². The molecule has 0 spiro atoms. The van der Waals surface area contributed by atoms with Crippen molar-refractivity contribution in [2.45, 2.75) is 6.04 Å². The van der Waals surface area contributed by atoms with E-state index in [1.165, 1.54) is 0 Å². The quantitative estimate of drug-likeness (QED) is 0.327. The number of nitrogens with two attached hydrogens (primary N) is 1. The van der Waals surface area contributed by atoms with Crippen LogP contribution < -0.4 is 17.2 Å². The van der Waals surface area contributed by atoms with Gasteiger partial charge in [0.25, 0.3) is 0 Å². The summed E-state index contributed by atoms with van der Waals surface area (Å²) in [5.41, 5.74) is 4.71. The van der Waals surface area contributed by atoms with Crippen molar-refractivity contribution in [3.05, 3.63) is 0 Å². The number of carboxylic acids is 1. The number of rotatable bonds is 1. The van der Waals surface area contributed by atoms with Crippen molar-refractivity contribution in [2.75, 3.05) is 11.6 Å². The van der Waals surface area contributed by atoms with Gasteiger partial charge in [0, 0.05) is 11.6 Å². The fourth-order valence-corrected chi connectivity index (χ4v) is 1.49. The van der Waals surface area contributed by atoms with Crippen molar-refractivity contribution < 1.29 is 9.90 Å². The van der Waals surface area contributed by atoms with Gasteiger partial charge in [0.05, 0.1) is 0 Å². The number of thioether (sulfide) groups is 1. The Kier molecular flexibility index (Phi) is 10.2. The van der Waals surface area contributed by atoms with Gasteiger partial charge in [-0.15, -0.1) is 24.4 Å². The fourth-order valence-electron chi connectivity index (χ4n) is 0.554. The number of nitrogens with one attached hydrogen (secondary N) is 1. The second kappa shape index (κ2) is 8.57. The lowest BCUT2D eigenvalue weighted by molar-refractivity contribution is -0.138. The zero-order valence-corrected chi connectivity index (χ0v) is 9.42. The average Bonchev–Trinajstić information content (AvgIpc) is 2.34. The van der Waals surface area contributed by atoms with Crippen LogP contribution in [-0.2, 0) is 4.79 Å². The zero-order chi connectivity index (χ0) is 9.56. The van der Waals surface area contributed by atoms with Gasteiger partial charge < -0.3 is 17.0 Å². The first kappa shape index (κ1) is 15.5. The largest absolute Gasteiger partial charge is 0.480 e. The Hall–Kier alpha value is -0.0200. The molecule has 0 amide bonds. The highest BCUT2D eigenvalue weighted by molar-refractivity contribution is 8.10. The molecule has 0 aromatic heterocycles. The van der Waals surface area contributed by atoms with E-state index >= 15 is 0 Å². The molecule has 0 radical (unpaired) electrons. The average molecular weight is 243 g/mol. The van der Waals surface area contributed by atoms with Crippen LogP contribution in [0.25, 0.3) is 0 Å². The van der Waals surface area contributed by atoms with E-state index < -0.39 is 5.97 Å². The van der Waals surface area contributed by atoms with Gasteiger partial charge >= 0.3 is 5.97 Å². The molecule has 1 atom stereocenters. The van der Waals surface area contributed by atoms with Crippen molar-refractivity contribution in [3.63, 3.8) is 0 Å². The highest BCUT2D eigenvalue weighted by atomic mass is 32.2. The minimum atomic E-state index is -0.741. The van der Waals surface area contributed by atoms with E-state index in [1.54, 1.807) is 11.8 Å². The number of aliphatic carboxylic acids is 1. The van der Waals surface area contributed by atoms with Crippen molar-refractivity contribution in [3.8, 4) is 0 Å². The summed E-state index contributed by atoms with van der Waals surface area (Å²) in [6.07, 6.45) is 0. The molecular weight excluding hydrogens is 230 g/mol. The monoisotopic (exact) mass is 243 g/mol. The summed E-state index contributed by atoms with van der Waals surface area (Å²) in [5.74, 6) is 0.738. The Morgan fingerprint density at radius 2 is 2.23 bits per heavy atom. The van der Waals surface area contributed by atoms with Crippen molar-refractivity contribution in [2.24, 2.45) is 5.73 Å². The Morgan fingerprint density at radius 1 is 1.77 bits per heavy atom. The third-order valence-electron chi connectivity index (χ3n) is 1.01. The minimum absolute atomic E-state index is 0. The van der Waals surface area contributed by atoms with E-state index in [0.717, 1.165) is 5.88 Å². The number of thiocarbonyl (C=S) groups is 1. The first-order valence-electron chi connectivity index (χ1n) is 3.06. The lowest BCUT2D eigenvalue weighted by atomic mass is 10.4. The first-order chi connectivity index (χ1) is 5.54. The number of hydrogen-bond acceptors (Lipinski definition) is 5. The van der Waals surface area contributed by atoms with Crippen LogP contribution in [0.15, 0.2) is 0 Å². The Labute approximate surface area is 91.8 Å². The molecule has 8 heteroatoms. The molecule has 13 heavy (non-hydrogen) atoms. The maximum atomic E-state index is 10.1. The molecule has 1 saturated heterocycles. The lowest BCUT2D eigenvalue weighted by Gasteiger charge is -1.98. The van der Waals surface area contributed by atoms with Crippen molar-refractivity contribution in [1.29, 1.82) is 0 Å². The fraction of sp³-hybridized carbons (Fsp3) is 0.600. The van der Waals surface area contributed by atoms with Gasteiger partial charge in [-0.1, -0.05) is 12.2 Å². The Morgan fingerprint density at radius 3 is 2.38 bits per heavy atom. The second-order valence-corrected chi connectivity index (χ2v) is 4.20. The maximum absolute atomic E-state index is 10.1. The van der Waals surface area contributed by atoms with Gasteiger partial charge in [0.1, 0.15) is 10.4 Å². The molecule has 0 aliphatic carbocycles. The van der Waals surface area contributed by atoms with Crippen LogP contribution in [0.5, 0.6) is 0 Å². The van der Waals surface area contributed by atoms with E-state index in [1.807, 2.05) is 0 Å². The van der Waals surface area contributed by atoms with Crippen LogP contribution in [0.4, 0.5) is 0 Å². The third kappa shape index (κ3) is 9.90. The number of carbonyl (C=O) groups is 1. The second-order valence-electron chi connectivity index (χ2n) is 1.95. The summed E-state index contributed by atoms with van der Waals surface area (Å²) in [6.45, 7) is 0. The molecule has 7 N–H and O–H groups in total. The molecule has 1 fully saturated rings. The molecule has 1 aliphatic rings. The van der Waals surface area contributed by atoms with Crippen LogP contribution in [0.2, 0.25) is 0 Å². The molecule has 0 aromatic rings. The van der Waals surface area contributed by atoms with Gasteiger partial charge in [-0.3, -0.25) is 10.1 Å². The van der Waals surface area contributed by atoms with Crippen molar-refractivity contribution >= 4 is 46.9 Å². The topological polar surface area (TPSA) is 110 Å². The third-order valence-corrected chi connectivity index (χ3v) is 1.95. The predicted molar refractivity (Wildman–Crippen MR) is 62.7 cm³/mol. The van der Waals surface area contributed by atoms with Gasteiger partial charge in [0.2, 0.25) is 0 Å². The zero-order valence-electron chi connectivity index (χ0n) is 6.90. The van der Waals surface area contributed by atoms with Crippen LogP contribution >= 0.6 is 36.6 Å². The molecule has 1 aliphatic heterocycles. The SMILES string of the molecule is N.NC(=S)S.O=C(O)C1CSCN1. The van der Waals surface area contributed by atoms with Gasteiger partial charge in [-0.05, 0) is 0 Å². The number of carboxylic acid groups (broad SMARTS) is 1. The molecular formula is C5H13N3O2S3. The summed E-state index contributed by atoms with van der Waals surface area (Å²) >= 11 is 9.27. The maximum Gasteiger partial charge on any atom is 0.321 e. The highest BCUT2D eigenvalue weighted by Gasteiger charge is 2.20. The molecule has 1 heterocycles. The van der Waals surface area contributed by atoms with Crippen LogP contribution in [-0.4, -0.2) is 33.1 Å². The molecule has 1 rings (SSSR count). The predicted octanol–water partition coefficient (Wildman–Crippen LogP) is 0.0553. The summed E-state index contributed by atoms with van der Waals surface area (Å²) in [6, 6.07) is -0.306. The number of hydrogen-bond donors (Lipinski definition) is 5. The van der Waals surface area contributed by atoms with E-state index in [9.17, 15) is 4.79 Å². The van der Waals surface area contributed by atoms with Gasteiger partial charge in [-0.2, -0.15) is 0 Å². The Balaban J connectivity index is 0. The van der Waals surface area contributed by atoms with Gasteiger partial charge in [-0.25, -0.2) is 0 Å². The smallest absolute Gasteiger partial charge is 0.321 e. The summed E-state index contributed by atoms with van der Waals surface area (Å²) < 4.78 is 0.194. The molecule has 0 aromatic carbocycles. The van der Waals surface area contributed by atoms with Crippen LogP contribution in [0.1, 0.15) is 0 Å². The van der Waals surface area contributed by atoms with E-state index in [4.69, 9.17) is 10.8 Å². The standard InChI is InChI=1S/C4H7NO2S.CH3NS2.H3N/c6-4(7)3-1-8-2-5-3;2-1(3)4;/h3,5H,1-2H2,(H,6,7);(H3,2,3,4);1H3. The normalized spacial score (nSPS) is 19.3. The molecule has 5 nitrogen and oxygen atoms in total. The van der Waals surface area contributed by atoms with Crippen LogP contribution in [0.3, 0.4) is 0 Å². The molecule has 78 valence electrons. The minimum Gasteiger partial charge on any atom is -0.480 e. The lowest BCUT2D eigenvalue weighted by Crippen LogP contribution is -2.32. The highest BCUT2D eigenvalue weighted by Crippen LogP contribution is 2.08. The number of thiol groups is 1. The summed E-state index contributed by atoms with van der Waals surface area (Å²) in [4.78, 5) is 10.1. The summed E-state index contributed by atoms with van der Waals surface area (Å²) in [5, 5.41) is 11.2.